The van der Waals surface area contributed by atoms with E-state index in [0.717, 1.165) is 24.5 Å². The van der Waals surface area contributed by atoms with Crippen molar-refractivity contribution < 1.29 is 19.1 Å². The second-order valence-corrected chi connectivity index (χ2v) is 6.60. The van der Waals surface area contributed by atoms with Crippen molar-refractivity contribution in [2.45, 2.75) is 6.92 Å². The number of carbonyl (C=O) groups excluding carboxylic acids is 2. The second-order valence-electron chi connectivity index (χ2n) is 6.60. The lowest BCUT2D eigenvalue weighted by Gasteiger charge is -2.41. The van der Waals surface area contributed by atoms with Gasteiger partial charge in [0.25, 0.3) is 0 Å². The smallest absolute Gasteiger partial charge is 0.409 e. The van der Waals surface area contributed by atoms with E-state index in [4.69, 9.17) is 9.47 Å². The zero-order valence-corrected chi connectivity index (χ0v) is 16.1. The average Bonchev–Trinajstić information content (AvgIpc) is 2.73. The fourth-order valence-electron chi connectivity index (χ4n) is 3.52. The molecule has 2 saturated heterocycles. The molecule has 27 heavy (non-hydrogen) atoms. The number of anilines is 1. The molecule has 1 aromatic rings. The van der Waals surface area contributed by atoms with Crippen molar-refractivity contribution >= 4 is 17.8 Å². The van der Waals surface area contributed by atoms with Crippen LogP contribution in [-0.4, -0.2) is 92.9 Å². The molecule has 0 N–H and O–H groups in total. The molecule has 1 aromatic carbocycles. The lowest BCUT2D eigenvalue weighted by molar-refractivity contribution is 0.0781. The van der Waals surface area contributed by atoms with Crippen molar-refractivity contribution in [2.24, 2.45) is 0 Å². The fourth-order valence-corrected chi connectivity index (χ4v) is 3.52. The summed E-state index contributed by atoms with van der Waals surface area (Å²) in [5.41, 5.74) is 1.06. The van der Waals surface area contributed by atoms with Gasteiger partial charge in [0, 0.05) is 52.4 Å². The lowest BCUT2D eigenvalue weighted by Crippen LogP contribution is -2.57. The number of nitrogens with zero attached hydrogens (tertiary/aromatic N) is 4. The van der Waals surface area contributed by atoms with Crippen LogP contribution < -0.4 is 9.64 Å². The summed E-state index contributed by atoms with van der Waals surface area (Å²) < 4.78 is 10.5. The summed E-state index contributed by atoms with van der Waals surface area (Å²) in [5.74, 6) is 0.854. The van der Waals surface area contributed by atoms with Gasteiger partial charge in [0.1, 0.15) is 5.75 Å². The van der Waals surface area contributed by atoms with Gasteiger partial charge >= 0.3 is 12.1 Å². The highest BCUT2D eigenvalue weighted by molar-refractivity contribution is 5.76. The first kappa shape index (κ1) is 19.1. The van der Waals surface area contributed by atoms with Crippen LogP contribution in [0.5, 0.6) is 5.75 Å². The topological polar surface area (TPSA) is 65.6 Å². The summed E-state index contributed by atoms with van der Waals surface area (Å²) in [6, 6.07) is 8.01. The first-order valence-corrected chi connectivity index (χ1v) is 9.47. The monoisotopic (exact) mass is 376 g/mol. The van der Waals surface area contributed by atoms with Gasteiger partial charge in [-0.15, -0.1) is 0 Å². The highest BCUT2D eigenvalue weighted by Gasteiger charge is 2.30. The van der Waals surface area contributed by atoms with Crippen LogP contribution in [0.3, 0.4) is 0 Å². The van der Waals surface area contributed by atoms with Crippen LogP contribution in [0.2, 0.25) is 0 Å². The molecule has 8 heteroatoms. The van der Waals surface area contributed by atoms with Crippen molar-refractivity contribution in [3.8, 4) is 5.75 Å². The molecule has 8 nitrogen and oxygen atoms in total. The van der Waals surface area contributed by atoms with Gasteiger partial charge < -0.3 is 29.1 Å². The van der Waals surface area contributed by atoms with Crippen molar-refractivity contribution in [3.63, 3.8) is 0 Å². The van der Waals surface area contributed by atoms with Gasteiger partial charge in [-0.25, -0.2) is 9.59 Å². The van der Waals surface area contributed by atoms with E-state index in [9.17, 15) is 9.59 Å². The summed E-state index contributed by atoms with van der Waals surface area (Å²) in [6.07, 6.45) is -0.296. The van der Waals surface area contributed by atoms with Crippen LogP contribution in [0, 0.1) is 0 Å². The third-order valence-corrected chi connectivity index (χ3v) is 5.05. The third-order valence-electron chi connectivity index (χ3n) is 5.05. The minimum Gasteiger partial charge on any atom is -0.495 e. The number of benzene rings is 1. The Hall–Kier alpha value is -2.64. The molecule has 148 valence electrons. The summed E-state index contributed by atoms with van der Waals surface area (Å²) >= 11 is 0. The predicted molar refractivity (Wildman–Crippen MR) is 102 cm³/mol. The van der Waals surface area contributed by atoms with Gasteiger partial charge in [0.05, 0.1) is 19.4 Å². The molecule has 0 aliphatic carbocycles. The van der Waals surface area contributed by atoms with Crippen molar-refractivity contribution in [1.29, 1.82) is 0 Å². The third kappa shape index (κ3) is 4.37. The number of piperazine rings is 2. The van der Waals surface area contributed by atoms with E-state index in [1.807, 2.05) is 34.1 Å². The van der Waals surface area contributed by atoms with Crippen LogP contribution in [-0.2, 0) is 4.74 Å². The van der Waals surface area contributed by atoms with E-state index in [0.29, 0.717) is 45.9 Å². The van der Waals surface area contributed by atoms with Gasteiger partial charge in [-0.1, -0.05) is 12.1 Å². The molecule has 2 aliphatic rings. The molecule has 0 radical (unpaired) electrons. The summed E-state index contributed by atoms with van der Waals surface area (Å²) in [6.45, 7) is 7.19. The quantitative estimate of drug-likeness (QED) is 0.804. The number of urea groups is 1. The molecule has 0 bridgehead atoms. The second kappa shape index (κ2) is 8.83. The van der Waals surface area contributed by atoms with Crippen LogP contribution in [0.25, 0.3) is 0 Å². The number of carbonyl (C=O) groups is 2. The number of rotatable bonds is 3. The molecule has 0 aromatic heterocycles. The van der Waals surface area contributed by atoms with Crippen LogP contribution >= 0.6 is 0 Å². The number of hydrogen-bond donors (Lipinski definition) is 0. The highest BCUT2D eigenvalue weighted by atomic mass is 16.6. The SMILES string of the molecule is CCOC(=O)N1CCN(C(=O)N2CCN(c3ccccc3OC)CC2)CC1. The van der Waals surface area contributed by atoms with E-state index >= 15 is 0 Å². The molecule has 0 atom stereocenters. The van der Waals surface area contributed by atoms with Gasteiger partial charge in [-0.3, -0.25) is 0 Å². The highest BCUT2D eigenvalue weighted by Crippen LogP contribution is 2.28. The number of para-hydroxylation sites is 2. The minimum absolute atomic E-state index is 0.0539. The average molecular weight is 376 g/mol. The Morgan fingerprint density at radius 3 is 2.04 bits per heavy atom. The van der Waals surface area contributed by atoms with Gasteiger partial charge in [-0.2, -0.15) is 0 Å². The first-order valence-electron chi connectivity index (χ1n) is 9.47. The van der Waals surface area contributed by atoms with E-state index < -0.39 is 0 Å². The van der Waals surface area contributed by atoms with Gasteiger partial charge in [0.2, 0.25) is 0 Å². The molecule has 0 saturated carbocycles. The Labute approximate surface area is 160 Å². The lowest BCUT2D eigenvalue weighted by atomic mass is 10.2. The molecule has 0 spiro atoms. The maximum Gasteiger partial charge on any atom is 0.409 e. The minimum atomic E-state index is -0.296. The zero-order chi connectivity index (χ0) is 19.2. The standard InChI is InChI=1S/C19H28N4O4/c1-3-27-19(25)23-14-12-22(13-15-23)18(24)21-10-8-20(9-11-21)16-6-4-5-7-17(16)26-2/h4-7H,3,8-15H2,1-2H3. The number of methoxy groups -OCH3 is 1. The summed E-state index contributed by atoms with van der Waals surface area (Å²) in [4.78, 5) is 32.2. The van der Waals surface area contributed by atoms with E-state index in [-0.39, 0.29) is 12.1 Å². The number of ether oxygens (including phenoxy) is 2. The molecular formula is C19H28N4O4. The van der Waals surface area contributed by atoms with Gasteiger partial charge in [0.15, 0.2) is 0 Å². The molecule has 2 heterocycles. The van der Waals surface area contributed by atoms with E-state index in [1.54, 1.807) is 18.9 Å². The van der Waals surface area contributed by atoms with E-state index in [2.05, 4.69) is 4.90 Å². The van der Waals surface area contributed by atoms with Crippen molar-refractivity contribution in [1.82, 2.24) is 14.7 Å². The van der Waals surface area contributed by atoms with Crippen LogP contribution in [0.1, 0.15) is 6.92 Å². The Kier molecular flexibility index (Phi) is 6.26. The van der Waals surface area contributed by atoms with Crippen LogP contribution in [0.4, 0.5) is 15.3 Å². The Bertz CT molecular complexity index is 653. The molecule has 3 amide bonds. The molecule has 3 rings (SSSR count). The Morgan fingerprint density at radius 1 is 0.889 bits per heavy atom. The van der Waals surface area contributed by atoms with E-state index in [1.165, 1.54) is 0 Å². The molecular weight excluding hydrogens is 348 g/mol. The molecule has 2 fully saturated rings. The number of amides is 3. The summed E-state index contributed by atoms with van der Waals surface area (Å²) in [7, 11) is 1.68. The van der Waals surface area contributed by atoms with Crippen molar-refractivity contribution in [3.05, 3.63) is 24.3 Å². The van der Waals surface area contributed by atoms with Crippen LogP contribution in [0.15, 0.2) is 24.3 Å². The first-order chi connectivity index (χ1) is 13.1. The van der Waals surface area contributed by atoms with Crippen molar-refractivity contribution in [2.75, 3.05) is 71.0 Å². The number of hydrogen-bond acceptors (Lipinski definition) is 5. The largest absolute Gasteiger partial charge is 0.495 e. The predicted octanol–water partition coefficient (Wildman–Crippen LogP) is 1.71. The summed E-state index contributed by atoms with van der Waals surface area (Å²) in [5, 5.41) is 0. The Balaban J connectivity index is 1.50. The molecule has 0 unspecified atom stereocenters. The molecule has 2 aliphatic heterocycles. The maximum atomic E-state index is 12.8. The fraction of sp³-hybridized carbons (Fsp3) is 0.579. The zero-order valence-electron chi connectivity index (χ0n) is 16.1. The maximum absolute atomic E-state index is 12.8. The van der Waals surface area contributed by atoms with Gasteiger partial charge in [-0.05, 0) is 19.1 Å². The Morgan fingerprint density at radius 2 is 1.44 bits per heavy atom. The normalized spacial score (nSPS) is 17.7.